The van der Waals surface area contributed by atoms with Gasteiger partial charge in [0.15, 0.2) is 5.11 Å². The van der Waals surface area contributed by atoms with Crippen molar-refractivity contribution in [3.8, 4) is 0 Å². The molecule has 0 spiro atoms. The van der Waals surface area contributed by atoms with E-state index in [9.17, 15) is 0 Å². The summed E-state index contributed by atoms with van der Waals surface area (Å²) in [6, 6.07) is 14.9. The predicted molar refractivity (Wildman–Crippen MR) is 110 cm³/mol. The van der Waals surface area contributed by atoms with Crippen LogP contribution in [0.1, 0.15) is 24.0 Å². The van der Waals surface area contributed by atoms with Crippen molar-refractivity contribution in [2.45, 2.75) is 42.6 Å². The number of nitrogens with one attached hydrogen (secondary N) is 2. The minimum absolute atomic E-state index is 0.288. The molecular weight excluding hydrogens is 348 g/mol. The summed E-state index contributed by atoms with van der Waals surface area (Å²) >= 11 is 7.15. The maximum Gasteiger partial charge on any atom is 0.170 e. The molecule has 0 bridgehead atoms. The van der Waals surface area contributed by atoms with E-state index in [1.54, 1.807) is 11.8 Å². The minimum atomic E-state index is 0.288. The summed E-state index contributed by atoms with van der Waals surface area (Å²) in [6.45, 7) is 5.91. The van der Waals surface area contributed by atoms with E-state index in [1.807, 2.05) is 0 Å². The molecule has 25 heavy (non-hydrogen) atoms. The standard InChI is InChI=1S/C20H24N2OS2/c1-14-5-6-15(2)19(12-14)25-18-9-7-16(8-10-18)22-20(24)21-13-17-4-3-11-23-17/h5-10,12,17H,3-4,11,13H2,1-2H3,(H2,21,22,24)/t17-/m0/s1. The van der Waals surface area contributed by atoms with Gasteiger partial charge in [0.05, 0.1) is 6.10 Å². The number of thiocarbonyl (C=S) groups is 1. The van der Waals surface area contributed by atoms with E-state index in [0.717, 1.165) is 31.7 Å². The first-order valence-electron chi connectivity index (χ1n) is 8.62. The van der Waals surface area contributed by atoms with E-state index in [4.69, 9.17) is 17.0 Å². The highest BCUT2D eigenvalue weighted by atomic mass is 32.2. The fraction of sp³-hybridized carbons (Fsp3) is 0.350. The molecule has 1 aliphatic rings. The smallest absolute Gasteiger partial charge is 0.170 e. The van der Waals surface area contributed by atoms with Crippen molar-refractivity contribution in [1.82, 2.24) is 5.32 Å². The van der Waals surface area contributed by atoms with Crippen molar-refractivity contribution in [2.75, 3.05) is 18.5 Å². The third-order valence-corrected chi connectivity index (χ3v) is 5.61. The van der Waals surface area contributed by atoms with Crippen molar-refractivity contribution < 1.29 is 4.74 Å². The number of anilines is 1. The molecular formula is C20H24N2OS2. The van der Waals surface area contributed by atoms with Gasteiger partial charge in [0.1, 0.15) is 0 Å². The quantitative estimate of drug-likeness (QED) is 0.728. The number of aryl methyl sites for hydroxylation is 2. The molecule has 0 amide bonds. The summed E-state index contributed by atoms with van der Waals surface area (Å²) in [7, 11) is 0. The van der Waals surface area contributed by atoms with Crippen LogP contribution in [-0.2, 0) is 4.74 Å². The monoisotopic (exact) mass is 372 g/mol. The number of hydrogen-bond acceptors (Lipinski definition) is 3. The highest BCUT2D eigenvalue weighted by Gasteiger charge is 2.15. The van der Waals surface area contributed by atoms with E-state index in [2.05, 4.69) is 66.9 Å². The van der Waals surface area contributed by atoms with Crippen LogP contribution in [0.15, 0.2) is 52.3 Å². The third kappa shape index (κ3) is 5.46. The average Bonchev–Trinajstić information content (AvgIpc) is 3.12. The molecule has 2 aromatic rings. The van der Waals surface area contributed by atoms with E-state index in [1.165, 1.54) is 20.9 Å². The van der Waals surface area contributed by atoms with Crippen molar-refractivity contribution >= 4 is 34.8 Å². The summed E-state index contributed by atoms with van der Waals surface area (Å²) in [5.41, 5.74) is 3.58. The van der Waals surface area contributed by atoms with Crippen LogP contribution in [0.4, 0.5) is 5.69 Å². The van der Waals surface area contributed by atoms with E-state index < -0.39 is 0 Å². The lowest BCUT2D eigenvalue weighted by Crippen LogP contribution is -2.34. The lowest BCUT2D eigenvalue weighted by atomic mass is 10.2. The molecule has 1 atom stereocenters. The molecule has 1 fully saturated rings. The van der Waals surface area contributed by atoms with Crippen LogP contribution >= 0.6 is 24.0 Å². The third-order valence-electron chi connectivity index (χ3n) is 4.20. The second kappa shape index (κ2) is 8.70. The van der Waals surface area contributed by atoms with Gasteiger partial charge in [0.25, 0.3) is 0 Å². The molecule has 1 heterocycles. The Kier molecular flexibility index (Phi) is 6.34. The summed E-state index contributed by atoms with van der Waals surface area (Å²) in [6.07, 6.45) is 2.54. The van der Waals surface area contributed by atoms with Crippen molar-refractivity contribution in [2.24, 2.45) is 0 Å². The van der Waals surface area contributed by atoms with Gasteiger partial charge in [0.2, 0.25) is 0 Å². The number of ether oxygens (including phenoxy) is 1. The zero-order valence-electron chi connectivity index (χ0n) is 14.7. The molecule has 0 unspecified atom stereocenters. The second-order valence-corrected chi connectivity index (χ2v) is 7.89. The van der Waals surface area contributed by atoms with Crippen LogP contribution in [0.5, 0.6) is 0 Å². The van der Waals surface area contributed by atoms with E-state index in [0.29, 0.717) is 5.11 Å². The van der Waals surface area contributed by atoms with Crippen LogP contribution in [0.3, 0.4) is 0 Å². The summed E-state index contributed by atoms with van der Waals surface area (Å²) in [5, 5.41) is 7.11. The Morgan fingerprint density at radius 2 is 2.00 bits per heavy atom. The lowest BCUT2D eigenvalue weighted by Gasteiger charge is -2.14. The molecule has 1 saturated heterocycles. The van der Waals surface area contributed by atoms with Gasteiger partial charge in [-0.15, -0.1) is 0 Å². The van der Waals surface area contributed by atoms with Gasteiger partial charge in [-0.05, 0) is 80.4 Å². The maximum absolute atomic E-state index is 5.59. The second-order valence-electron chi connectivity index (χ2n) is 6.37. The number of hydrogen-bond donors (Lipinski definition) is 2. The molecule has 1 aliphatic heterocycles. The van der Waals surface area contributed by atoms with Crippen LogP contribution in [-0.4, -0.2) is 24.4 Å². The molecule has 0 radical (unpaired) electrons. The van der Waals surface area contributed by atoms with Gasteiger partial charge in [-0.2, -0.15) is 0 Å². The average molecular weight is 373 g/mol. The Morgan fingerprint density at radius 3 is 2.72 bits per heavy atom. The predicted octanol–water partition coefficient (Wildman–Crippen LogP) is 4.92. The van der Waals surface area contributed by atoms with Crippen molar-refractivity contribution in [3.63, 3.8) is 0 Å². The zero-order chi connectivity index (χ0) is 17.6. The molecule has 3 nitrogen and oxygen atoms in total. The lowest BCUT2D eigenvalue weighted by molar-refractivity contribution is 0.114. The van der Waals surface area contributed by atoms with Gasteiger partial charge >= 0.3 is 0 Å². The first-order valence-corrected chi connectivity index (χ1v) is 9.84. The number of rotatable bonds is 5. The van der Waals surface area contributed by atoms with Crippen molar-refractivity contribution in [3.05, 3.63) is 53.6 Å². The van der Waals surface area contributed by atoms with Crippen LogP contribution < -0.4 is 10.6 Å². The largest absolute Gasteiger partial charge is 0.376 e. The summed E-state index contributed by atoms with van der Waals surface area (Å²) < 4.78 is 5.59. The summed E-state index contributed by atoms with van der Waals surface area (Å²) in [4.78, 5) is 2.52. The maximum atomic E-state index is 5.59. The van der Waals surface area contributed by atoms with Crippen LogP contribution in [0.2, 0.25) is 0 Å². The normalized spacial score (nSPS) is 16.6. The van der Waals surface area contributed by atoms with Gasteiger partial charge in [-0.3, -0.25) is 0 Å². The Morgan fingerprint density at radius 1 is 1.20 bits per heavy atom. The highest BCUT2D eigenvalue weighted by Crippen LogP contribution is 2.31. The van der Waals surface area contributed by atoms with E-state index >= 15 is 0 Å². The van der Waals surface area contributed by atoms with Gasteiger partial charge in [-0.1, -0.05) is 23.9 Å². The van der Waals surface area contributed by atoms with Gasteiger partial charge < -0.3 is 15.4 Å². The molecule has 5 heteroatoms. The summed E-state index contributed by atoms with van der Waals surface area (Å²) in [5.74, 6) is 0. The van der Waals surface area contributed by atoms with Crippen LogP contribution in [0, 0.1) is 13.8 Å². The molecule has 132 valence electrons. The molecule has 3 rings (SSSR count). The van der Waals surface area contributed by atoms with Gasteiger partial charge in [-0.25, -0.2) is 0 Å². The topological polar surface area (TPSA) is 33.3 Å². The first kappa shape index (κ1) is 18.2. The van der Waals surface area contributed by atoms with Crippen LogP contribution in [0.25, 0.3) is 0 Å². The molecule has 0 aromatic heterocycles. The Hall–Kier alpha value is -1.56. The van der Waals surface area contributed by atoms with E-state index in [-0.39, 0.29) is 6.10 Å². The Balaban J connectivity index is 1.52. The fourth-order valence-electron chi connectivity index (χ4n) is 2.74. The molecule has 2 N–H and O–H groups in total. The van der Waals surface area contributed by atoms with Gasteiger partial charge in [0, 0.05) is 28.6 Å². The first-order chi connectivity index (χ1) is 12.1. The SMILES string of the molecule is Cc1ccc(C)c(Sc2ccc(NC(=S)NC[C@@H]3CCCO3)cc2)c1. The molecule has 0 aliphatic carbocycles. The zero-order valence-corrected chi connectivity index (χ0v) is 16.3. The molecule has 2 aromatic carbocycles. The Labute approximate surface area is 159 Å². The minimum Gasteiger partial charge on any atom is -0.376 e. The molecule has 0 saturated carbocycles. The number of benzene rings is 2. The Bertz CT molecular complexity index is 725. The van der Waals surface area contributed by atoms with Crippen molar-refractivity contribution in [1.29, 1.82) is 0 Å². The highest BCUT2D eigenvalue weighted by molar-refractivity contribution is 7.99. The fourth-order valence-corrected chi connectivity index (χ4v) is 3.94.